The summed E-state index contributed by atoms with van der Waals surface area (Å²) in [5, 5.41) is 14.1. The number of rotatable bonds is 11. The van der Waals surface area contributed by atoms with E-state index in [0.29, 0.717) is 12.1 Å². The molecule has 2 aromatic rings. The van der Waals surface area contributed by atoms with E-state index in [4.69, 9.17) is 14.2 Å². The van der Waals surface area contributed by atoms with Crippen molar-refractivity contribution in [1.82, 2.24) is 0 Å². The van der Waals surface area contributed by atoms with Gasteiger partial charge in [0.05, 0.1) is 24.7 Å². The van der Waals surface area contributed by atoms with Gasteiger partial charge >= 0.3 is 5.97 Å². The Morgan fingerprint density at radius 3 is 2.30 bits per heavy atom. The molecule has 0 aliphatic carbocycles. The predicted molar refractivity (Wildman–Crippen MR) is 120 cm³/mol. The fourth-order valence-electron chi connectivity index (χ4n) is 2.91. The van der Waals surface area contributed by atoms with Crippen molar-refractivity contribution in [2.45, 2.75) is 27.2 Å². The van der Waals surface area contributed by atoms with Crippen molar-refractivity contribution in [3.05, 3.63) is 57.6 Å². The highest BCUT2D eigenvalue weighted by Gasteiger charge is 2.26. The third-order valence-electron chi connectivity index (χ3n) is 4.42. The summed E-state index contributed by atoms with van der Waals surface area (Å²) in [5.74, 6) is -1.24. The number of hydrogen-bond acceptors (Lipinski definition) is 8. The summed E-state index contributed by atoms with van der Waals surface area (Å²) in [6.45, 7) is 5.18. The molecule has 0 spiro atoms. The van der Waals surface area contributed by atoms with Crippen molar-refractivity contribution in [1.29, 1.82) is 0 Å². The molecule has 10 nitrogen and oxygen atoms in total. The molecule has 1 N–H and O–H groups in total. The lowest BCUT2D eigenvalue weighted by molar-refractivity contribution is -0.385. The van der Waals surface area contributed by atoms with Crippen LogP contribution in [-0.2, 0) is 9.53 Å². The number of amides is 1. The number of anilines is 1. The van der Waals surface area contributed by atoms with E-state index in [1.807, 2.05) is 13.8 Å². The van der Waals surface area contributed by atoms with E-state index in [0.717, 1.165) is 12.1 Å². The molecule has 0 radical (unpaired) electrons. The van der Waals surface area contributed by atoms with Gasteiger partial charge in [-0.15, -0.1) is 0 Å². The van der Waals surface area contributed by atoms with Gasteiger partial charge < -0.3 is 19.5 Å². The number of Topliss-reactive ketones (excluding diaryl/α,β-unsaturated/α-hetero) is 1. The predicted octanol–water partition coefficient (Wildman–Crippen LogP) is 4.03. The van der Waals surface area contributed by atoms with Gasteiger partial charge in [-0.3, -0.25) is 19.7 Å². The quantitative estimate of drug-likeness (QED) is 0.231. The Bertz CT molecular complexity index is 1030. The first-order valence-corrected chi connectivity index (χ1v) is 10.3. The standard InChI is InChI=1S/C23H26N2O8/c1-5-32-21-12-18(25(29)30)17(11-20(21)31-4)23(28)33-13-19(26)15-6-8-16(9-7-15)24-22(27)10-14(2)3/h6-9,11-12,14H,5,10,13H2,1-4H3,(H,24,27). The van der Waals surface area contributed by atoms with Crippen LogP contribution in [0.2, 0.25) is 0 Å². The van der Waals surface area contributed by atoms with Crippen LogP contribution >= 0.6 is 0 Å². The van der Waals surface area contributed by atoms with E-state index < -0.39 is 29.0 Å². The molecule has 10 heteroatoms. The summed E-state index contributed by atoms with van der Waals surface area (Å²) in [7, 11) is 1.33. The minimum Gasteiger partial charge on any atom is -0.493 e. The van der Waals surface area contributed by atoms with Gasteiger partial charge in [0, 0.05) is 23.7 Å². The Morgan fingerprint density at radius 2 is 1.76 bits per heavy atom. The number of hydrogen-bond donors (Lipinski definition) is 1. The van der Waals surface area contributed by atoms with Gasteiger partial charge in [0.2, 0.25) is 5.91 Å². The van der Waals surface area contributed by atoms with E-state index in [9.17, 15) is 24.5 Å². The summed E-state index contributed by atoms with van der Waals surface area (Å²) in [4.78, 5) is 47.4. The number of nitrogens with one attached hydrogen (secondary N) is 1. The maximum Gasteiger partial charge on any atom is 0.345 e. The summed E-state index contributed by atoms with van der Waals surface area (Å²) in [5.41, 5.74) is -0.107. The molecular weight excluding hydrogens is 432 g/mol. The number of benzene rings is 2. The van der Waals surface area contributed by atoms with Crippen LogP contribution in [0.4, 0.5) is 11.4 Å². The Labute approximate surface area is 191 Å². The number of ketones is 1. The highest BCUT2D eigenvalue weighted by atomic mass is 16.6. The number of methoxy groups -OCH3 is 1. The lowest BCUT2D eigenvalue weighted by Gasteiger charge is -2.11. The molecule has 0 bridgehead atoms. The van der Waals surface area contributed by atoms with E-state index in [1.54, 1.807) is 19.1 Å². The topological polar surface area (TPSA) is 134 Å². The molecule has 2 rings (SSSR count). The Hall–Kier alpha value is -3.95. The molecular formula is C23H26N2O8. The maximum absolute atomic E-state index is 12.5. The smallest absolute Gasteiger partial charge is 0.345 e. The normalized spacial score (nSPS) is 10.5. The third-order valence-corrected chi connectivity index (χ3v) is 4.42. The zero-order valence-electron chi connectivity index (χ0n) is 18.9. The summed E-state index contributed by atoms with van der Waals surface area (Å²) in [6, 6.07) is 8.33. The van der Waals surface area contributed by atoms with E-state index >= 15 is 0 Å². The number of ether oxygens (including phenoxy) is 3. The van der Waals surface area contributed by atoms with Gasteiger partial charge in [-0.1, -0.05) is 13.8 Å². The second-order valence-corrected chi connectivity index (χ2v) is 7.43. The van der Waals surface area contributed by atoms with Gasteiger partial charge in [-0.2, -0.15) is 0 Å². The minimum atomic E-state index is -1.05. The number of nitrogens with zero attached hydrogens (tertiary/aromatic N) is 1. The molecule has 0 aliphatic heterocycles. The number of esters is 1. The second-order valence-electron chi connectivity index (χ2n) is 7.43. The van der Waals surface area contributed by atoms with Crippen LogP contribution in [0.1, 0.15) is 47.9 Å². The van der Waals surface area contributed by atoms with Crippen molar-refractivity contribution in [3.8, 4) is 11.5 Å². The van der Waals surface area contributed by atoms with Crippen LogP contribution in [0.5, 0.6) is 11.5 Å². The molecule has 0 saturated carbocycles. The zero-order chi connectivity index (χ0) is 24.5. The molecule has 0 aromatic heterocycles. The highest BCUT2D eigenvalue weighted by Crippen LogP contribution is 2.35. The fourth-order valence-corrected chi connectivity index (χ4v) is 2.91. The van der Waals surface area contributed by atoms with Crippen LogP contribution < -0.4 is 14.8 Å². The fraction of sp³-hybridized carbons (Fsp3) is 0.348. The second kappa shape index (κ2) is 11.6. The SMILES string of the molecule is CCOc1cc([N+](=O)[O-])c(C(=O)OCC(=O)c2ccc(NC(=O)CC(C)C)cc2)cc1OC. The Morgan fingerprint density at radius 1 is 1.09 bits per heavy atom. The molecule has 0 heterocycles. The third kappa shape index (κ3) is 7.03. The van der Waals surface area contributed by atoms with Crippen LogP contribution in [0, 0.1) is 16.0 Å². The Kier molecular flexibility index (Phi) is 8.90. The summed E-state index contributed by atoms with van der Waals surface area (Å²) >= 11 is 0. The van der Waals surface area contributed by atoms with Gasteiger partial charge in [-0.05, 0) is 37.1 Å². The number of nitro benzene ring substituents is 1. The van der Waals surface area contributed by atoms with Crippen LogP contribution in [-0.4, -0.2) is 42.9 Å². The molecule has 0 fully saturated rings. The number of carbonyl (C=O) groups excluding carboxylic acids is 3. The first-order valence-electron chi connectivity index (χ1n) is 10.3. The van der Waals surface area contributed by atoms with Crippen LogP contribution in [0.3, 0.4) is 0 Å². The summed E-state index contributed by atoms with van der Waals surface area (Å²) < 4.78 is 15.4. The first-order chi connectivity index (χ1) is 15.7. The van der Waals surface area contributed by atoms with E-state index in [2.05, 4.69) is 5.32 Å². The first kappa shape index (κ1) is 25.3. The molecule has 33 heavy (non-hydrogen) atoms. The molecule has 2 aromatic carbocycles. The lowest BCUT2D eigenvalue weighted by Crippen LogP contribution is -2.16. The molecule has 0 aliphatic rings. The van der Waals surface area contributed by atoms with Gasteiger partial charge in [-0.25, -0.2) is 4.79 Å². The minimum absolute atomic E-state index is 0.111. The van der Waals surface area contributed by atoms with Crippen molar-refractivity contribution in [3.63, 3.8) is 0 Å². The van der Waals surface area contributed by atoms with Crippen LogP contribution in [0.15, 0.2) is 36.4 Å². The molecule has 176 valence electrons. The van der Waals surface area contributed by atoms with Crippen molar-refractivity contribution < 1.29 is 33.5 Å². The van der Waals surface area contributed by atoms with Crippen molar-refractivity contribution >= 4 is 29.0 Å². The average molecular weight is 458 g/mol. The average Bonchev–Trinajstić information content (AvgIpc) is 2.77. The molecule has 0 atom stereocenters. The van der Waals surface area contributed by atoms with E-state index in [-0.39, 0.29) is 41.1 Å². The number of nitro groups is 1. The summed E-state index contributed by atoms with van der Waals surface area (Å²) in [6.07, 6.45) is 0.374. The maximum atomic E-state index is 12.5. The van der Waals surface area contributed by atoms with Gasteiger partial charge in [0.1, 0.15) is 5.56 Å². The van der Waals surface area contributed by atoms with Crippen LogP contribution in [0.25, 0.3) is 0 Å². The number of carbonyl (C=O) groups is 3. The van der Waals surface area contributed by atoms with E-state index in [1.165, 1.54) is 19.2 Å². The largest absolute Gasteiger partial charge is 0.493 e. The lowest BCUT2D eigenvalue weighted by atomic mass is 10.1. The molecule has 0 unspecified atom stereocenters. The Balaban J connectivity index is 2.09. The zero-order valence-corrected chi connectivity index (χ0v) is 18.9. The molecule has 1 amide bonds. The highest BCUT2D eigenvalue weighted by molar-refractivity contribution is 6.01. The van der Waals surface area contributed by atoms with Crippen molar-refractivity contribution in [2.24, 2.45) is 5.92 Å². The van der Waals surface area contributed by atoms with Crippen molar-refractivity contribution in [2.75, 3.05) is 25.6 Å². The molecule has 0 saturated heterocycles. The van der Waals surface area contributed by atoms with Gasteiger partial charge in [0.15, 0.2) is 23.9 Å². The monoisotopic (exact) mass is 458 g/mol. The van der Waals surface area contributed by atoms with Gasteiger partial charge in [0.25, 0.3) is 5.69 Å².